The first kappa shape index (κ1) is 19.0. The highest BCUT2D eigenvalue weighted by Gasteiger charge is 2.18. The molecule has 5 heteroatoms. The molecule has 1 atom stereocenters. The third-order valence-electron chi connectivity index (χ3n) is 5.25. The van der Waals surface area contributed by atoms with Crippen LogP contribution in [0.3, 0.4) is 0 Å². The molecule has 2 aliphatic rings. The van der Waals surface area contributed by atoms with Crippen LogP contribution in [-0.2, 0) is 6.54 Å². The first-order valence-corrected chi connectivity index (χ1v) is 10.8. The zero-order valence-corrected chi connectivity index (χ0v) is 16.2. The Bertz CT molecular complexity index is 514. The van der Waals surface area contributed by atoms with Crippen molar-refractivity contribution in [1.29, 1.82) is 0 Å². The van der Waals surface area contributed by atoms with E-state index in [1.807, 2.05) is 23.9 Å². The van der Waals surface area contributed by atoms with Crippen LogP contribution in [0, 0.1) is 5.92 Å². The number of aliphatic hydroxyl groups excluding tert-OH is 1. The topological polar surface area (TPSA) is 35.9 Å². The fourth-order valence-electron chi connectivity index (χ4n) is 3.56. The van der Waals surface area contributed by atoms with Crippen molar-refractivity contribution in [3.63, 3.8) is 0 Å². The third-order valence-corrected chi connectivity index (χ3v) is 6.19. The molecular formula is C20H32N2O2S. The minimum Gasteiger partial charge on any atom is -0.491 e. The van der Waals surface area contributed by atoms with E-state index >= 15 is 0 Å². The largest absolute Gasteiger partial charge is 0.491 e. The lowest BCUT2D eigenvalue weighted by molar-refractivity contribution is 0.0706. The summed E-state index contributed by atoms with van der Waals surface area (Å²) in [5.41, 5.74) is 1.23. The molecule has 0 bridgehead atoms. The van der Waals surface area contributed by atoms with Gasteiger partial charge in [0.15, 0.2) is 0 Å². The van der Waals surface area contributed by atoms with Gasteiger partial charge in [0.1, 0.15) is 18.5 Å². The normalized spacial score (nSPS) is 22.0. The molecule has 2 aliphatic heterocycles. The second-order valence-electron chi connectivity index (χ2n) is 7.44. The van der Waals surface area contributed by atoms with Gasteiger partial charge in [-0.15, -0.1) is 0 Å². The molecule has 0 aromatic heterocycles. The first-order valence-electron chi connectivity index (χ1n) is 9.62. The number of benzene rings is 1. The van der Waals surface area contributed by atoms with Gasteiger partial charge in [0.2, 0.25) is 0 Å². The Kier molecular flexibility index (Phi) is 7.47. The molecule has 2 heterocycles. The summed E-state index contributed by atoms with van der Waals surface area (Å²) in [6.07, 6.45) is 2.15. The molecule has 0 aliphatic carbocycles. The van der Waals surface area contributed by atoms with Crippen molar-refractivity contribution in [3.05, 3.63) is 29.8 Å². The maximum atomic E-state index is 10.3. The number of likely N-dealkylation sites (tertiary alicyclic amines) is 1. The van der Waals surface area contributed by atoms with Gasteiger partial charge in [0, 0.05) is 43.2 Å². The van der Waals surface area contributed by atoms with Crippen LogP contribution in [0.5, 0.6) is 5.75 Å². The standard InChI is InChI=1S/C20H32N2O2S/c1-17-6-8-21(9-7-17)14-18-4-2-3-5-20(18)24-16-19(23)15-22-10-12-25-13-11-22/h2-5,17,19,23H,6-16H2,1H3/t19-/m1/s1. The molecule has 0 spiro atoms. The summed E-state index contributed by atoms with van der Waals surface area (Å²) >= 11 is 2.00. The highest BCUT2D eigenvalue weighted by Crippen LogP contribution is 2.23. The Morgan fingerprint density at radius 1 is 1.12 bits per heavy atom. The lowest BCUT2D eigenvalue weighted by Gasteiger charge is -2.31. The number of β-amino-alcohol motifs (C(OH)–C–C–N with tert-alkyl or cyclic N) is 1. The number of piperidine rings is 1. The lowest BCUT2D eigenvalue weighted by Crippen LogP contribution is -2.40. The highest BCUT2D eigenvalue weighted by molar-refractivity contribution is 7.99. The van der Waals surface area contributed by atoms with E-state index in [0.29, 0.717) is 13.2 Å². The van der Waals surface area contributed by atoms with Gasteiger partial charge >= 0.3 is 0 Å². The molecule has 2 fully saturated rings. The van der Waals surface area contributed by atoms with Crippen LogP contribution in [0.2, 0.25) is 0 Å². The van der Waals surface area contributed by atoms with Crippen molar-refractivity contribution in [1.82, 2.24) is 9.80 Å². The van der Waals surface area contributed by atoms with Crippen LogP contribution in [0.25, 0.3) is 0 Å². The van der Waals surface area contributed by atoms with Crippen LogP contribution in [0.4, 0.5) is 0 Å². The molecule has 0 unspecified atom stereocenters. The molecule has 0 amide bonds. The number of para-hydroxylation sites is 1. The predicted octanol–water partition coefficient (Wildman–Crippen LogP) is 2.71. The second-order valence-corrected chi connectivity index (χ2v) is 8.67. The van der Waals surface area contributed by atoms with E-state index < -0.39 is 6.10 Å². The number of hydrogen-bond acceptors (Lipinski definition) is 5. The summed E-state index contributed by atoms with van der Waals surface area (Å²) in [4.78, 5) is 4.86. The van der Waals surface area contributed by atoms with Gasteiger partial charge in [-0.1, -0.05) is 25.1 Å². The van der Waals surface area contributed by atoms with E-state index in [9.17, 15) is 5.11 Å². The molecule has 4 nitrogen and oxygen atoms in total. The molecule has 1 aromatic carbocycles. The fourth-order valence-corrected chi connectivity index (χ4v) is 4.54. The first-order chi connectivity index (χ1) is 12.2. The van der Waals surface area contributed by atoms with E-state index in [0.717, 1.165) is 31.3 Å². The van der Waals surface area contributed by atoms with Crippen LogP contribution < -0.4 is 4.74 Å². The Labute approximate surface area is 156 Å². The molecule has 3 rings (SSSR count). The van der Waals surface area contributed by atoms with Crippen LogP contribution >= 0.6 is 11.8 Å². The average molecular weight is 365 g/mol. The summed E-state index contributed by atoms with van der Waals surface area (Å²) in [7, 11) is 0. The molecule has 1 N–H and O–H groups in total. The van der Waals surface area contributed by atoms with Crippen molar-refractivity contribution in [3.8, 4) is 5.75 Å². The van der Waals surface area contributed by atoms with E-state index in [-0.39, 0.29) is 0 Å². The van der Waals surface area contributed by atoms with Crippen molar-refractivity contribution in [2.45, 2.75) is 32.4 Å². The molecule has 2 saturated heterocycles. The van der Waals surface area contributed by atoms with Gasteiger partial charge < -0.3 is 9.84 Å². The molecule has 0 radical (unpaired) electrons. The maximum absolute atomic E-state index is 10.3. The summed E-state index contributed by atoms with van der Waals surface area (Å²) in [6.45, 7) is 8.87. The summed E-state index contributed by atoms with van der Waals surface area (Å²) < 4.78 is 5.99. The molecular weight excluding hydrogens is 332 g/mol. The minimum absolute atomic E-state index is 0.373. The van der Waals surface area contributed by atoms with Crippen LogP contribution in [0.15, 0.2) is 24.3 Å². The number of aliphatic hydroxyl groups is 1. The zero-order valence-electron chi connectivity index (χ0n) is 15.4. The summed E-state index contributed by atoms with van der Waals surface area (Å²) in [6, 6.07) is 8.29. The number of thioether (sulfide) groups is 1. The number of rotatable bonds is 7. The van der Waals surface area contributed by atoms with Crippen molar-refractivity contribution in [2.75, 3.05) is 50.8 Å². The van der Waals surface area contributed by atoms with Gasteiger partial charge in [-0.3, -0.25) is 9.80 Å². The van der Waals surface area contributed by atoms with Crippen molar-refractivity contribution >= 4 is 11.8 Å². The van der Waals surface area contributed by atoms with Crippen LogP contribution in [0.1, 0.15) is 25.3 Å². The van der Waals surface area contributed by atoms with E-state index in [1.165, 1.54) is 43.0 Å². The predicted molar refractivity (Wildman–Crippen MR) is 105 cm³/mol. The van der Waals surface area contributed by atoms with Gasteiger partial charge in [-0.2, -0.15) is 11.8 Å². The van der Waals surface area contributed by atoms with Gasteiger partial charge in [-0.25, -0.2) is 0 Å². The zero-order chi connectivity index (χ0) is 17.5. The molecule has 1 aromatic rings. The fraction of sp³-hybridized carbons (Fsp3) is 0.700. The average Bonchev–Trinajstić information content (AvgIpc) is 2.64. The van der Waals surface area contributed by atoms with Crippen molar-refractivity contribution < 1.29 is 9.84 Å². The Morgan fingerprint density at radius 3 is 2.60 bits per heavy atom. The number of ether oxygens (including phenoxy) is 1. The Balaban J connectivity index is 1.48. The molecule has 25 heavy (non-hydrogen) atoms. The van der Waals surface area contributed by atoms with Gasteiger partial charge in [-0.05, 0) is 37.9 Å². The van der Waals surface area contributed by atoms with E-state index in [2.05, 4.69) is 28.9 Å². The summed E-state index contributed by atoms with van der Waals surface area (Å²) in [5, 5.41) is 10.3. The van der Waals surface area contributed by atoms with Gasteiger partial charge in [0.25, 0.3) is 0 Å². The minimum atomic E-state index is -0.424. The Hall–Kier alpha value is -0.750. The molecule has 140 valence electrons. The van der Waals surface area contributed by atoms with E-state index in [1.54, 1.807) is 0 Å². The lowest BCUT2D eigenvalue weighted by atomic mass is 9.99. The number of hydrogen-bond donors (Lipinski definition) is 1. The smallest absolute Gasteiger partial charge is 0.123 e. The maximum Gasteiger partial charge on any atom is 0.123 e. The number of nitrogens with zero attached hydrogens (tertiary/aromatic N) is 2. The quantitative estimate of drug-likeness (QED) is 0.805. The van der Waals surface area contributed by atoms with E-state index in [4.69, 9.17) is 4.74 Å². The highest BCUT2D eigenvalue weighted by atomic mass is 32.2. The molecule has 0 saturated carbocycles. The van der Waals surface area contributed by atoms with Gasteiger partial charge in [0.05, 0.1) is 0 Å². The third kappa shape index (κ3) is 6.17. The second kappa shape index (κ2) is 9.81. The van der Waals surface area contributed by atoms with Crippen LogP contribution in [-0.4, -0.2) is 71.8 Å². The Morgan fingerprint density at radius 2 is 1.84 bits per heavy atom. The monoisotopic (exact) mass is 364 g/mol. The SMILES string of the molecule is CC1CCN(Cc2ccccc2OC[C@H](O)CN2CCSCC2)CC1. The van der Waals surface area contributed by atoms with Crippen molar-refractivity contribution in [2.24, 2.45) is 5.92 Å². The summed E-state index contributed by atoms with van der Waals surface area (Å²) in [5.74, 6) is 4.12.